The number of nitrogens with zero attached hydrogens (tertiary/aromatic N) is 2. The zero-order valence-corrected chi connectivity index (χ0v) is 8.56. The van der Waals surface area contributed by atoms with Crippen LogP contribution in [0.1, 0.15) is 6.42 Å². The molecule has 1 saturated heterocycles. The molecule has 1 atom stereocenters. The lowest BCUT2D eigenvalue weighted by atomic mass is 10.1. The highest BCUT2D eigenvalue weighted by atomic mass is 16.4. The molecule has 1 aliphatic rings. The van der Waals surface area contributed by atoms with Crippen molar-refractivity contribution in [2.24, 2.45) is 5.92 Å². The number of amides is 1. The number of carboxylic acid groups (broad SMARTS) is 1. The van der Waals surface area contributed by atoms with Crippen LogP contribution in [0.2, 0.25) is 0 Å². The van der Waals surface area contributed by atoms with E-state index >= 15 is 0 Å². The van der Waals surface area contributed by atoms with Gasteiger partial charge in [0.25, 0.3) is 0 Å². The van der Waals surface area contributed by atoms with Gasteiger partial charge in [0, 0.05) is 26.1 Å². The van der Waals surface area contributed by atoms with Crippen LogP contribution in [0.25, 0.3) is 0 Å². The van der Waals surface area contributed by atoms with Crippen LogP contribution in [0.4, 0.5) is 0 Å². The van der Waals surface area contributed by atoms with Crippen LogP contribution in [0.15, 0.2) is 0 Å². The molecule has 1 N–H and O–H groups in total. The summed E-state index contributed by atoms with van der Waals surface area (Å²) in [7, 11) is 3.85. The van der Waals surface area contributed by atoms with Crippen LogP contribution in [0.3, 0.4) is 0 Å². The average molecular weight is 200 g/mol. The molecule has 1 fully saturated rings. The molecule has 0 aromatic rings. The number of aliphatic carboxylic acids is 1. The molecule has 5 nitrogen and oxygen atoms in total. The second kappa shape index (κ2) is 4.41. The molecule has 1 rings (SSSR count). The summed E-state index contributed by atoms with van der Waals surface area (Å²) in [5.41, 5.74) is 0. The van der Waals surface area contributed by atoms with Gasteiger partial charge < -0.3 is 14.9 Å². The minimum absolute atomic E-state index is 0.0424. The predicted octanol–water partition coefficient (Wildman–Crippen LogP) is -0.519. The zero-order chi connectivity index (χ0) is 10.7. The number of rotatable bonds is 4. The third-order valence-corrected chi connectivity index (χ3v) is 2.38. The Labute approximate surface area is 83.3 Å². The average Bonchev–Trinajstić information content (AvgIpc) is 2.43. The summed E-state index contributed by atoms with van der Waals surface area (Å²) >= 11 is 0. The molecule has 0 aliphatic carbocycles. The lowest BCUT2D eigenvalue weighted by molar-refractivity contribution is -0.141. The Bertz CT molecular complexity index is 240. The quantitative estimate of drug-likeness (QED) is 0.663. The first-order valence-electron chi connectivity index (χ1n) is 4.66. The van der Waals surface area contributed by atoms with Gasteiger partial charge in [-0.05, 0) is 14.1 Å². The molecule has 0 aromatic carbocycles. The zero-order valence-electron chi connectivity index (χ0n) is 8.56. The van der Waals surface area contributed by atoms with E-state index in [1.165, 1.54) is 0 Å². The van der Waals surface area contributed by atoms with Gasteiger partial charge in [0.15, 0.2) is 0 Å². The molecule has 0 radical (unpaired) electrons. The maximum Gasteiger partial charge on any atom is 0.308 e. The lowest BCUT2D eigenvalue weighted by Gasteiger charge is -2.18. The Morgan fingerprint density at radius 1 is 1.64 bits per heavy atom. The standard InChI is InChI=1S/C9H16N2O3/c1-10(2)3-4-11-6-7(9(13)14)5-8(11)12/h7H,3-6H2,1-2H3,(H,13,14)/t7-/m0/s1. The van der Waals surface area contributed by atoms with Crippen LogP contribution in [0.5, 0.6) is 0 Å². The molecule has 1 aliphatic heterocycles. The fraction of sp³-hybridized carbons (Fsp3) is 0.778. The first-order valence-corrected chi connectivity index (χ1v) is 4.66. The molecule has 0 bridgehead atoms. The van der Waals surface area contributed by atoms with E-state index < -0.39 is 11.9 Å². The first kappa shape index (κ1) is 11.0. The molecular formula is C9H16N2O3. The van der Waals surface area contributed by atoms with Crippen molar-refractivity contribution in [3.05, 3.63) is 0 Å². The van der Waals surface area contributed by atoms with E-state index in [1.54, 1.807) is 4.90 Å². The molecule has 1 heterocycles. The molecule has 5 heteroatoms. The van der Waals surface area contributed by atoms with Gasteiger partial charge in [-0.3, -0.25) is 9.59 Å². The topological polar surface area (TPSA) is 60.9 Å². The summed E-state index contributed by atoms with van der Waals surface area (Å²) in [4.78, 5) is 25.6. The van der Waals surface area contributed by atoms with Gasteiger partial charge in [0.05, 0.1) is 5.92 Å². The van der Waals surface area contributed by atoms with Crippen molar-refractivity contribution in [2.45, 2.75) is 6.42 Å². The molecule has 14 heavy (non-hydrogen) atoms. The van der Waals surface area contributed by atoms with Crippen LogP contribution in [-0.4, -0.2) is 60.5 Å². The second-order valence-electron chi connectivity index (χ2n) is 3.88. The highest BCUT2D eigenvalue weighted by Gasteiger charge is 2.33. The van der Waals surface area contributed by atoms with Gasteiger partial charge in [-0.2, -0.15) is 0 Å². The van der Waals surface area contributed by atoms with Gasteiger partial charge in [0.1, 0.15) is 0 Å². The minimum atomic E-state index is -0.870. The predicted molar refractivity (Wildman–Crippen MR) is 50.9 cm³/mol. The molecule has 0 saturated carbocycles. The van der Waals surface area contributed by atoms with E-state index in [0.717, 1.165) is 6.54 Å². The number of hydrogen-bond donors (Lipinski definition) is 1. The Balaban J connectivity index is 2.41. The van der Waals surface area contributed by atoms with E-state index in [-0.39, 0.29) is 12.3 Å². The number of carboxylic acids is 1. The maximum atomic E-state index is 11.3. The van der Waals surface area contributed by atoms with Crippen molar-refractivity contribution in [3.8, 4) is 0 Å². The number of carbonyl (C=O) groups is 2. The van der Waals surface area contributed by atoms with E-state index in [0.29, 0.717) is 13.1 Å². The van der Waals surface area contributed by atoms with Crippen LogP contribution >= 0.6 is 0 Å². The number of carbonyl (C=O) groups excluding carboxylic acids is 1. The van der Waals surface area contributed by atoms with Crippen molar-refractivity contribution in [1.82, 2.24) is 9.80 Å². The van der Waals surface area contributed by atoms with Gasteiger partial charge in [-0.1, -0.05) is 0 Å². The summed E-state index contributed by atoms with van der Waals surface area (Å²) in [6.45, 7) is 1.76. The van der Waals surface area contributed by atoms with Crippen LogP contribution in [-0.2, 0) is 9.59 Å². The molecule has 80 valence electrons. The van der Waals surface area contributed by atoms with Crippen molar-refractivity contribution < 1.29 is 14.7 Å². The third-order valence-electron chi connectivity index (χ3n) is 2.38. The maximum absolute atomic E-state index is 11.3. The Morgan fingerprint density at radius 2 is 2.29 bits per heavy atom. The number of likely N-dealkylation sites (tertiary alicyclic amines) is 1. The second-order valence-corrected chi connectivity index (χ2v) is 3.88. The molecule has 0 aromatic heterocycles. The van der Waals surface area contributed by atoms with Crippen LogP contribution < -0.4 is 0 Å². The summed E-state index contributed by atoms with van der Waals surface area (Å²) in [6.07, 6.45) is 0.156. The third kappa shape index (κ3) is 2.70. The number of hydrogen-bond acceptors (Lipinski definition) is 3. The Morgan fingerprint density at radius 3 is 2.71 bits per heavy atom. The summed E-state index contributed by atoms with van der Waals surface area (Å²) in [5, 5.41) is 8.74. The smallest absolute Gasteiger partial charge is 0.308 e. The highest BCUT2D eigenvalue weighted by molar-refractivity contribution is 5.86. The fourth-order valence-electron chi connectivity index (χ4n) is 1.47. The van der Waals surface area contributed by atoms with Gasteiger partial charge in [0.2, 0.25) is 5.91 Å². The number of likely N-dealkylation sites (N-methyl/N-ethyl adjacent to an activating group) is 1. The molecule has 1 amide bonds. The fourth-order valence-corrected chi connectivity index (χ4v) is 1.47. The Hall–Kier alpha value is -1.10. The van der Waals surface area contributed by atoms with E-state index in [4.69, 9.17) is 5.11 Å². The molecule has 0 spiro atoms. The summed E-state index contributed by atoms with van der Waals surface area (Å²) in [6, 6.07) is 0. The van der Waals surface area contributed by atoms with E-state index in [2.05, 4.69) is 0 Å². The van der Waals surface area contributed by atoms with Crippen molar-refractivity contribution in [1.29, 1.82) is 0 Å². The van der Waals surface area contributed by atoms with Gasteiger partial charge in [-0.15, -0.1) is 0 Å². The summed E-state index contributed by atoms with van der Waals surface area (Å²) < 4.78 is 0. The normalized spacial score (nSPS) is 22.1. The summed E-state index contributed by atoms with van der Waals surface area (Å²) in [5.74, 6) is -1.42. The van der Waals surface area contributed by atoms with Crippen molar-refractivity contribution >= 4 is 11.9 Å². The van der Waals surface area contributed by atoms with Crippen LogP contribution in [0, 0.1) is 5.92 Å². The van der Waals surface area contributed by atoms with Gasteiger partial charge >= 0.3 is 5.97 Å². The molecular weight excluding hydrogens is 184 g/mol. The largest absolute Gasteiger partial charge is 0.481 e. The van der Waals surface area contributed by atoms with E-state index in [1.807, 2.05) is 19.0 Å². The SMILES string of the molecule is CN(C)CCN1C[C@@H](C(=O)O)CC1=O. The molecule has 0 unspecified atom stereocenters. The van der Waals surface area contributed by atoms with Crippen molar-refractivity contribution in [3.63, 3.8) is 0 Å². The first-order chi connectivity index (χ1) is 6.50. The minimum Gasteiger partial charge on any atom is -0.481 e. The Kier molecular flexibility index (Phi) is 3.46. The van der Waals surface area contributed by atoms with Crippen molar-refractivity contribution in [2.75, 3.05) is 33.7 Å². The monoisotopic (exact) mass is 200 g/mol. The lowest BCUT2D eigenvalue weighted by Crippen LogP contribution is -2.33. The van der Waals surface area contributed by atoms with Gasteiger partial charge in [-0.25, -0.2) is 0 Å². The highest BCUT2D eigenvalue weighted by Crippen LogP contribution is 2.17. The van der Waals surface area contributed by atoms with E-state index in [9.17, 15) is 9.59 Å².